The van der Waals surface area contributed by atoms with E-state index in [1.165, 1.54) is 12.1 Å². The lowest BCUT2D eigenvalue weighted by Crippen LogP contribution is -2.21. The number of nitrogens with one attached hydrogen (secondary N) is 2. The number of benzene rings is 2. The molecule has 0 saturated carbocycles. The summed E-state index contributed by atoms with van der Waals surface area (Å²) in [6, 6.07) is 13.4. The lowest BCUT2D eigenvalue weighted by molar-refractivity contribution is -0.114. The Morgan fingerprint density at radius 2 is 1.58 bits per heavy atom. The van der Waals surface area contributed by atoms with Gasteiger partial charge in [-0.3, -0.25) is 4.79 Å². The molecule has 7 heteroatoms. The molecule has 2 rings (SSSR count). The molecule has 6 nitrogen and oxygen atoms in total. The predicted octanol–water partition coefficient (Wildman–Crippen LogP) is 2.54. The molecule has 0 radical (unpaired) electrons. The minimum absolute atomic E-state index is 0.0748. The monoisotopic (exact) mass is 348 g/mol. The minimum Gasteiger partial charge on any atom is -0.494 e. The Morgan fingerprint density at radius 1 is 1.00 bits per heavy atom. The zero-order valence-corrected chi connectivity index (χ0v) is 14.4. The maximum absolute atomic E-state index is 11.9. The first-order valence-electron chi connectivity index (χ1n) is 7.45. The molecule has 0 aromatic heterocycles. The molecular weight excluding hydrogens is 328 g/mol. The van der Waals surface area contributed by atoms with Gasteiger partial charge in [0.05, 0.1) is 18.0 Å². The molecule has 0 bridgehead atoms. The summed E-state index contributed by atoms with van der Waals surface area (Å²) >= 11 is 0. The van der Waals surface area contributed by atoms with Gasteiger partial charge < -0.3 is 15.4 Å². The SMILES string of the molecule is CCOc1ccc(NC(=O)CNc2ccc(S(C)(=O)=O)cc2)cc1. The van der Waals surface area contributed by atoms with Crippen molar-refractivity contribution in [2.24, 2.45) is 0 Å². The van der Waals surface area contributed by atoms with Crippen molar-refractivity contribution < 1.29 is 17.9 Å². The Hall–Kier alpha value is -2.54. The molecule has 0 fully saturated rings. The summed E-state index contributed by atoms with van der Waals surface area (Å²) in [7, 11) is -3.22. The van der Waals surface area contributed by atoms with Crippen LogP contribution in [0.4, 0.5) is 11.4 Å². The van der Waals surface area contributed by atoms with Crippen LogP contribution in [0.3, 0.4) is 0 Å². The van der Waals surface area contributed by atoms with Crippen molar-refractivity contribution in [3.8, 4) is 5.75 Å². The van der Waals surface area contributed by atoms with Crippen molar-refractivity contribution in [3.63, 3.8) is 0 Å². The van der Waals surface area contributed by atoms with Gasteiger partial charge in [-0.15, -0.1) is 0 Å². The van der Waals surface area contributed by atoms with E-state index in [4.69, 9.17) is 4.74 Å². The van der Waals surface area contributed by atoms with E-state index in [1.807, 2.05) is 6.92 Å². The van der Waals surface area contributed by atoms with Crippen LogP contribution in [0, 0.1) is 0 Å². The molecule has 0 heterocycles. The number of carbonyl (C=O) groups is 1. The van der Waals surface area contributed by atoms with Gasteiger partial charge in [-0.05, 0) is 55.5 Å². The number of carbonyl (C=O) groups excluding carboxylic acids is 1. The number of ether oxygens (including phenoxy) is 1. The van der Waals surface area contributed by atoms with Crippen molar-refractivity contribution in [2.75, 3.05) is 30.0 Å². The fraction of sp³-hybridized carbons (Fsp3) is 0.235. The highest BCUT2D eigenvalue weighted by Gasteiger charge is 2.07. The molecule has 24 heavy (non-hydrogen) atoms. The van der Waals surface area contributed by atoms with Crippen LogP contribution >= 0.6 is 0 Å². The van der Waals surface area contributed by atoms with E-state index in [1.54, 1.807) is 36.4 Å². The molecule has 2 aromatic rings. The van der Waals surface area contributed by atoms with E-state index in [0.29, 0.717) is 18.0 Å². The first-order chi connectivity index (χ1) is 11.4. The number of rotatable bonds is 7. The van der Waals surface area contributed by atoms with Crippen molar-refractivity contribution in [1.82, 2.24) is 0 Å². The van der Waals surface area contributed by atoms with Crippen molar-refractivity contribution >= 4 is 27.1 Å². The van der Waals surface area contributed by atoms with Gasteiger partial charge in [-0.2, -0.15) is 0 Å². The smallest absolute Gasteiger partial charge is 0.243 e. The van der Waals surface area contributed by atoms with Gasteiger partial charge in [0.1, 0.15) is 5.75 Å². The van der Waals surface area contributed by atoms with Crippen LogP contribution in [-0.4, -0.2) is 33.7 Å². The van der Waals surface area contributed by atoms with Crippen molar-refractivity contribution in [2.45, 2.75) is 11.8 Å². The lowest BCUT2D eigenvalue weighted by atomic mass is 10.3. The quantitative estimate of drug-likeness (QED) is 0.803. The maximum atomic E-state index is 11.9. The Kier molecular flexibility index (Phi) is 5.81. The van der Waals surface area contributed by atoms with Crippen LogP contribution in [0.2, 0.25) is 0 Å². The summed E-state index contributed by atoms with van der Waals surface area (Å²) in [5.74, 6) is 0.547. The van der Waals surface area contributed by atoms with E-state index in [9.17, 15) is 13.2 Å². The highest BCUT2D eigenvalue weighted by molar-refractivity contribution is 7.90. The largest absolute Gasteiger partial charge is 0.494 e. The van der Waals surface area contributed by atoms with Gasteiger partial charge in [0.2, 0.25) is 5.91 Å². The third kappa shape index (κ3) is 5.27. The number of hydrogen-bond acceptors (Lipinski definition) is 5. The summed E-state index contributed by atoms with van der Waals surface area (Å²) < 4.78 is 28.1. The molecule has 0 saturated heterocycles. The molecule has 2 aromatic carbocycles. The molecular formula is C17H20N2O4S. The molecule has 0 aliphatic carbocycles. The second kappa shape index (κ2) is 7.83. The van der Waals surface area contributed by atoms with Gasteiger partial charge in [0, 0.05) is 17.6 Å². The predicted molar refractivity (Wildman–Crippen MR) is 94.3 cm³/mol. The number of hydrogen-bond donors (Lipinski definition) is 2. The highest BCUT2D eigenvalue weighted by Crippen LogP contribution is 2.16. The third-order valence-electron chi connectivity index (χ3n) is 3.18. The van der Waals surface area contributed by atoms with Crippen molar-refractivity contribution in [1.29, 1.82) is 0 Å². The lowest BCUT2D eigenvalue weighted by Gasteiger charge is -2.09. The second-order valence-corrected chi connectivity index (χ2v) is 7.17. The minimum atomic E-state index is -3.22. The second-order valence-electron chi connectivity index (χ2n) is 5.16. The Labute approximate surface area is 141 Å². The van der Waals surface area contributed by atoms with E-state index in [-0.39, 0.29) is 17.3 Å². The molecule has 0 aliphatic rings. The van der Waals surface area contributed by atoms with E-state index < -0.39 is 9.84 Å². The van der Waals surface area contributed by atoms with Gasteiger partial charge in [0.25, 0.3) is 0 Å². The zero-order chi connectivity index (χ0) is 17.6. The zero-order valence-electron chi connectivity index (χ0n) is 13.6. The summed E-state index contributed by atoms with van der Waals surface area (Å²) in [5.41, 5.74) is 1.35. The topological polar surface area (TPSA) is 84.5 Å². The van der Waals surface area contributed by atoms with E-state index >= 15 is 0 Å². The highest BCUT2D eigenvalue weighted by atomic mass is 32.2. The van der Waals surface area contributed by atoms with Crippen LogP contribution in [0.5, 0.6) is 5.75 Å². The third-order valence-corrected chi connectivity index (χ3v) is 4.31. The average Bonchev–Trinajstić information content (AvgIpc) is 2.55. The maximum Gasteiger partial charge on any atom is 0.243 e. The van der Waals surface area contributed by atoms with Crippen molar-refractivity contribution in [3.05, 3.63) is 48.5 Å². The number of sulfone groups is 1. The Bertz CT molecular complexity index is 784. The van der Waals surface area contributed by atoms with E-state index in [2.05, 4.69) is 10.6 Å². The average molecular weight is 348 g/mol. The molecule has 0 aliphatic heterocycles. The summed E-state index contributed by atoms with van der Waals surface area (Å²) in [5, 5.41) is 5.71. The number of amides is 1. The first kappa shape index (κ1) is 17.8. The molecule has 1 amide bonds. The normalized spacial score (nSPS) is 10.9. The van der Waals surface area contributed by atoms with Gasteiger partial charge in [-0.1, -0.05) is 0 Å². The fourth-order valence-corrected chi connectivity index (χ4v) is 2.64. The van der Waals surface area contributed by atoms with Crippen LogP contribution in [0.25, 0.3) is 0 Å². The molecule has 2 N–H and O–H groups in total. The standard InChI is InChI=1S/C17H20N2O4S/c1-3-23-15-8-4-14(5-9-15)19-17(20)12-18-13-6-10-16(11-7-13)24(2,21)22/h4-11,18H,3,12H2,1-2H3,(H,19,20). The molecule has 0 spiro atoms. The fourth-order valence-electron chi connectivity index (χ4n) is 2.01. The molecule has 128 valence electrons. The van der Waals surface area contributed by atoms with E-state index in [0.717, 1.165) is 12.0 Å². The number of anilines is 2. The summed E-state index contributed by atoms with van der Waals surface area (Å²) in [6.45, 7) is 2.57. The Morgan fingerprint density at radius 3 is 2.12 bits per heavy atom. The van der Waals surface area contributed by atoms with Gasteiger partial charge in [0.15, 0.2) is 9.84 Å². The van der Waals surface area contributed by atoms with Crippen LogP contribution in [-0.2, 0) is 14.6 Å². The first-order valence-corrected chi connectivity index (χ1v) is 9.34. The molecule has 0 atom stereocenters. The Balaban J connectivity index is 1.86. The molecule has 0 unspecified atom stereocenters. The van der Waals surface area contributed by atoms with Crippen LogP contribution in [0.1, 0.15) is 6.92 Å². The van der Waals surface area contributed by atoms with Crippen LogP contribution < -0.4 is 15.4 Å². The summed E-state index contributed by atoms with van der Waals surface area (Å²) in [4.78, 5) is 12.2. The van der Waals surface area contributed by atoms with Gasteiger partial charge >= 0.3 is 0 Å². The summed E-state index contributed by atoms with van der Waals surface area (Å²) in [6.07, 6.45) is 1.15. The van der Waals surface area contributed by atoms with Crippen LogP contribution in [0.15, 0.2) is 53.4 Å². The van der Waals surface area contributed by atoms with Gasteiger partial charge in [-0.25, -0.2) is 8.42 Å².